The van der Waals surface area contributed by atoms with Gasteiger partial charge in [-0.3, -0.25) is 4.79 Å². The molecule has 7 heteroatoms. The second kappa shape index (κ2) is 9.11. The van der Waals surface area contributed by atoms with Crippen LogP contribution in [-0.2, 0) is 4.79 Å². The maximum absolute atomic E-state index is 12.3. The number of hydrogen-bond acceptors (Lipinski definition) is 6. The number of carbonyl (C=O) groups excluding carboxylic acids is 1. The Morgan fingerprint density at radius 2 is 1.93 bits per heavy atom. The van der Waals surface area contributed by atoms with E-state index in [1.165, 1.54) is 11.8 Å². The molecule has 0 unspecified atom stereocenters. The van der Waals surface area contributed by atoms with E-state index in [2.05, 4.69) is 16.4 Å². The van der Waals surface area contributed by atoms with Crippen LogP contribution in [0.4, 0.5) is 5.69 Å². The number of nitrogens with zero attached hydrogens (tertiary/aromatic N) is 2. The molecule has 0 radical (unpaired) electrons. The van der Waals surface area contributed by atoms with Gasteiger partial charge in [0, 0.05) is 17.1 Å². The maximum atomic E-state index is 12.3. The summed E-state index contributed by atoms with van der Waals surface area (Å²) in [7, 11) is 1.59. The summed E-state index contributed by atoms with van der Waals surface area (Å²) in [6.07, 6.45) is 0. The highest BCUT2D eigenvalue weighted by atomic mass is 32.2. The first kappa shape index (κ1) is 19.5. The van der Waals surface area contributed by atoms with E-state index in [1.54, 1.807) is 43.5 Å². The first-order chi connectivity index (χ1) is 13.6. The van der Waals surface area contributed by atoms with Crippen molar-refractivity contribution in [1.82, 2.24) is 4.98 Å². The molecule has 0 bridgehead atoms. The number of hydrogen-bond donors (Lipinski definition) is 1. The van der Waals surface area contributed by atoms with Gasteiger partial charge in [-0.25, -0.2) is 4.98 Å². The van der Waals surface area contributed by atoms with Crippen LogP contribution in [-0.4, -0.2) is 30.4 Å². The van der Waals surface area contributed by atoms with Gasteiger partial charge in [0.05, 0.1) is 30.5 Å². The highest BCUT2D eigenvalue weighted by molar-refractivity contribution is 8.00. The minimum atomic E-state index is -0.175. The van der Waals surface area contributed by atoms with E-state index in [1.807, 2.05) is 19.1 Å². The third-order valence-corrected chi connectivity index (χ3v) is 4.89. The molecule has 1 amide bonds. The monoisotopic (exact) mass is 393 g/mol. The summed E-state index contributed by atoms with van der Waals surface area (Å²) in [4.78, 5) is 16.8. The molecule has 3 aromatic rings. The minimum Gasteiger partial charge on any atom is -0.497 e. The molecule has 0 aliphatic rings. The van der Waals surface area contributed by atoms with E-state index in [-0.39, 0.29) is 11.7 Å². The van der Waals surface area contributed by atoms with Crippen LogP contribution >= 0.6 is 11.8 Å². The van der Waals surface area contributed by atoms with Crippen molar-refractivity contribution in [3.63, 3.8) is 0 Å². The number of anilines is 1. The van der Waals surface area contributed by atoms with Crippen LogP contribution < -0.4 is 14.8 Å². The summed E-state index contributed by atoms with van der Waals surface area (Å²) >= 11 is 1.23. The average Bonchev–Trinajstić information content (AvgIpc) is 2.72. The molecule has 142 valence electrons. The molecule has 2 aromatic carbocycles. The molecule has 1 N–H and O–H groups in total. The van der Waals surface area contributed by atoms with Crippen LogP contribution in [0.15, 0.2) is 53.6 Å². The molecular formula is C21H19N3O3S. The number of rotatable bonds is 7. The first-order valence-corrected chi connectivity index (χ1v) is 9.66. The number of nitriles is 1. The number of aromatic nitrogens is 1. The van der Waals surface area contributed by atoms with Crippen LogP contribution in [0.5, 0.6) is 11.5 Å². The quantitative estimate of drug-likeness (QED) is 0.604. The summed E-state index contributed by atoms with van der Waals surface area (Å²) < 4.78 is 10.6. The topological polar surface area (TPSA) is 84.2 Å². The van der Waals surface area contributed by atoms with Crippen molar-refractivity contribution in [3.05, 3.63) is 54.1 Å². The second-order valence-electron chi connectivity index (χ2n) is 5.81. The SMILES string of the molecule is CCOc1ccc(NC(=O)CSc2nc3cc(OC)ccc3cc2C#N)cc1. The van der Waals surface area contributed by atoms with Gasteiger partial charge in [-0.05, 0) is 49.4 Å². The van der Waals surface area contributed by atoms with Crippen molar-refractivity contribution in [1.29, 1.82) is 5.26 Å². The molecule has 0 saturated heterocycles. The zero-order valence-corrected chi connectivity index (χ0v) is 16.4. The van der Waals surface area contributed by atoms with Gasteiger partial charge in [0.1, 0.15) is 22.6 Å². The lowest BCUT2D eigenvalue weighted by molar-refractivity contribution is -0.113. The fourth-order valence-corrected chi connectivity index (χ4v) is 3.34. The molecule has 0 atom stereocenters. The van der Waals surface area contributed by atoms with E-state index >= 15 is 0 Å². The Morgan fingerprint density at radius 3 is 2.61 bits per heavy atom. The number of methoxy groups -OCH3 is 1. The zero-order chi connectivity index (χ0) is 19.9. The smallest absolute Gasteiger partial charge is 0.234 e. The first-order valence-electron chi connectivity index (χ1n) is 8.67. The Hall–Kier alpha value is -3.24. The van der Waals surface area contributed by atoms with Gasteiger partial charge in [-0.1, -0.05) is 11.8 Å². The fourth-order valence-electron chi connectivity index (χ4n) is 2.58. The summed E-state index contributed by atoms with van der Waals surface area (Å²) in [5.41, 5.74) is 1.84. The molecule has 1 aromatic heterocycles. The van der Waals surface area contributed by atoms with Crippen LogP contribution in [0.1, 0.15) is 12.5 Å². The number of nitrogens with one attached hydrogen (secondary N) is 1. The van der Waals surface area contributed by atoms with E-state index < -0.39 is 0 Å². The van der Waals surface area contributed by atoms with Crippen LogP contribution in [0.3, 0.4) is 0 Å². The molecule has 0 saturated carbocycles. The van der Waals surface area contributed by atoms with Gasteiger partial charge >= 0.3 is 0 Å². The Kier molecular flexibility index (Phi) is 6.35. The van der Waals surface area contributed by atoms with E-state index in [4.69, 9.17) is 9.47 Å². The van der Waals surface area contributed by atoms with Crippen molar-refractivity contribution < 1.29 is 14.3 Å². The highest BCUT2D eigenvalue weighted by Gasteiger charge is 2.11. The predicted octanol–water partition coefficient (Wildman–Crippen LogP) is 4.24. The number of pyridine rings is 1. The summed E-state index contributed by atoms with van der Waals surface area (Å²) in [5.74, 6) is 1.41. The summed E-state index contributed by atoms with van der Waals surface area (Å²) in [6, 6.07) is 16.6. The number of carbonyl (C=O) groups is 1. The van der Waals surface area contributed by atoms with Crippen LogP contribution in [0, 0.1) is 11.3 Å². The number of thioether (sulfide) groups is 1. The molecular weight excluding hydrogens is 374 g/mol. The molecule has 0 aliphatic carbocycles. The molecule has 0 aliphatic heterocycles. The van der Waals surface area contributed by atoms with Crippen LogP contribution in [0.2, 0.25) is 0 Å². The summed E-state index contributed by atoms with van der Waals surface area (Å²) in [5, 5.41) is 13.6. The lowest BCUT2D eigenvalue weighted by atomic mass is 10.1. The van der Waals surface area contributed by atoms with Gasteiger partial charge in [0.2, 0.25) is 5.91 Å². The zero-order valence-electron chi connectivity index (χ0n) is 15.6. The van der Waals surface area contributed by atoms with Crippen molar-refractivity contribution in [2.24, 2.45) is 0 Å². The molecule has 6 nitrogen and oxygen atoms in total. The Balaban J connectivity index is 1.69. The van der Waals surface area contributed by atoms with Gasteiger partial charge in [-0.2, -0.15) is 5.26 Å². The Bertz CT molecular complexity index is 1030. The van der Waals surface area contributed by atoms with Crippen molar-refractivity contribution in [2.45, 2.75) is 11.9 Å². The number of ether oxygens (including phenoxy) is 2. The maximum Gasteiger partial charge on any atom is 0.234 e. The molecule has 0 fully saturated rings. The van der Waals surface area contributed by atoms with Crippen molar-refractivity contribution in [2.75, 3.05) is 24.8 Å². The number of fused-ring (bicyclic) bond motifs is 1. The van der Waals surface area contributed by atoms with Crippen LogP contribution in [0.25, 0.3) is 10.9 Å². The molecule has 0 spiro atoms. The van der Waals surface area contributed by atoms with Crippen molar-refractivity contribution in [3.8, 4) is 17.6 Å². The second-order valence-corrected chi connectivity index (χ2v) is 6.77. The Labute approximate surface area is 167 Å². The van der Waals surface area contributed by atoms with E-state index in [9.17, 15) is 10.1 Å². The highest BCUT2D eigenvalue weighted by Crippen LogP contribution is 2.27. The third-order valence-electron chi connectivity index (χ3n) is 3.90. The van der Waals surface area contributed by atoms with Gasteiger partial charge < -0.3 is 14.8 Å². The molecule has 1 heterocycles. The van der Waals surface area contributed by atoms with E-state index in [0.29, 0.717) is 34.1 Å². The average molecular weight is 393 g/mol. The molecule has 3 rings (SSSR count). The number of amides is 1. The largest absolute Gasteiger partial charge is 0.497 e. The number of benzene rings is 2. The predicted molar refractivity (Wildman–Crippen MR) is 110 cm³/mol. The third kappa shape index (κ3) is 4.72. The lowest BCUT2D eigenvalue weighted by Gasteiger charge is -2.08. The fraction of sp³-hybridized carbons (Fsp3) is 0.190. The molecule has 28 heavy (non-hydrogen) atoms. The van der Waals surface area contributed by atoms with Gasteiger partial charge in [0.15, 0.2) is 0 Å². The standard InChI is InChI=1S/C21H19N3O3S/c1-3-27-17-8-5-16(6-9-17)23-20(25)13-28-21-15(12-22)10-14-4-7-18(26-2)11-19(14)24-21/h4-11H,3,13H2,1-2H3,(H,23,25). The van der Waals surface area contributed by atoms with Crippen molar-refractivity contribution >= 4 is 34.3 Å². The normalized spacial score (nSPS) is 10.3. The summed E-state index contributed by atoms with van der Waals surface area (Å²) in [6.45, 7) is 2.51. The van der Waals surface area contributed by atoms with Gasteiger partial charge in [0.25, 0.3) is 0 Å². The van der Waals surface area contributed by atoms with E-state index in [0.717, 1.165) is 11.1 Å². The van der Waals surface area contributed by atoms with Gasteiger partial charge in [-0.15, -0.1) is 0 Å². The minimum absolute atomic E-state index is 0.143. The lowest BCUT2D eigenvalue weighted by Crippen LogP contribution is -2.14. The Morgan fingerprint density at radius 1 is 1.18 bits per heavy atom.